The van der Waals surface area contributed by atoms with Gasteiger partial charge in [0.25, 0.3) is 0 Å². The first-order valence-electron chi connectivity index (χ1n) is 20.1. The molecule has 0 spiro atoms. The van der Waals surface area contributed by atoms with Crippen molar-refractivity contribution in [3.63, 3.8) is 0 Å². The molecular weight excluding hydrogens is 739 g/mol. The zero-order chi connectivity index (χ0) is 41.4. The molecule has 9 nitrogen and oxygen atoms in total. The lowest BCUT2D eigenvalue weighted by molar-refractivity contribution is 0.543. The van der Waals surface area contributed by atoms with Gasteiger partial charge in [-0.05, 0) is 29.0 Å². The molecule has 3 aromatic heterocycles. The molecule has 3 heterocycles. The van der Waals surface area contributed by atoms with E-state index in [9.17, 15) is 0 Å². The van der Waals surface area contributed by atoms with E-state index in [1.54, 1.807) is 0 Å². The molecule has 0 radical (unpaired) electrons. The summed E-state index contributed by atoms with van der Waals surface area (Å²) in [5, 5.41) is 2.00. The summed E-state index contributed by atoms with van der Waals surface area (Å²) in [4.78, 5) is 45.4. The first kappa shape index (κ1) is 38.1. The first-order chi connectivity index (χ1) is 29.0. The van der Waals surface area contributed by atoms with Crippen molar-refractivity contribution in [3.05, 3.63) is 163 Å². The fraction of sp³-hybridized carbons (Fsp3) is 0.157. The molecule has 0 saturated heterocycles. The van der Waals surface area contributed by atoms with Gasteiger partial charge in [0.1, 0.15) is 11.6 Å². The fourth-order valence-corrected chi connectivity index (χ4v) is 6.88. The minimum atomic E-state index is -0.318. The molecule has 60 heavy (non-hydrogen) atoms. The maximum atomic E-state index is 5.23. The largest absolute Gasteiger partial charge is 0.212 e. The number of fused-ring (bicyclic) bond motifs is 1. The molecule has 0 unspecified atom stereocenters. The molecule has 9 heteroatoms. The molecule has 0 N–H and O–H groups in total. The van der Waals surface area contributed by atoms with E-state index in [4.69, 9.17) is 44.9 Å². The standard InChI is InChI=1S/C51H43N9/c1-50(2,3)48-57-42(33-21-12-8-13-22-33)53-45(59-48)37-27-18-26-36(30-37)44-52-41(32-19-10-7-11-20-32)55-47(56-44)40-31-38(29-35-25-16-17-28-39(35)40)46-54-43(34-23-14-9-15-24-34)58-49(60-46)51(4,5)6/h7-31H,1-6H3. The second-order valence-corrected chi connectivity index (χ2v) is 16.8. The summed E-state index contributed by atoms with van der Waals surface area (Å²) in [6.45, 7) is 12.7. The Morgan fingerprint density at radius 1 is 0.283 bits per heavy atom. The summed E-state index contributed by atoms with van der Waals surface area (Å²) < 4.78 is 0. The summed E-state index contributed by atoms with van der Waals surface area (Å²) in [5.41, 5.74) is 5.39. The van der Waals surface area contributed by atoms with Gasteiger partial charge in [-0.3, -0.25) is 0 Å². The Bertz CT molecular complexity index is 2990. The van der Waals surface area contributed by atoms with Crippen LogP contribution in [0.3, 0.4) is 0 Å². The smallest absolute Gasteiger partial charge is 0.164 e. The van der Waals surface area contributed by atoms with Crippen molar-refractivity contribution in [3.8, 4) is 79.7 Å². The summed E-state index contributed by atoms with van der Waals surface area (Å²) in [6, 6.07) is 50.6. The number of nitrogens with zero attached hydrogens (tertiary/aromatic N) is 9. The molecule has 0 atom stereocenters. The summed E-state index contributed by atoms with van der Waals surface area (Å²) >= 11 is 0. The van der Waals surface area contributed by atoms with Crippen LogP contribution in [0.15, 0.2) is 152 Å². The third-order valence-corrected chi connectivity index (χ3v) is 10.1. The molecule has 6 aromatic carbocycles. The van der Waals surface area contributed by atoms with E-state index in [1.165, 1.54) is 0 Å². The average Bonchev–Trinajstić information content (AvgIpc) is 3.28. The lowest BCUT2D eigenvalue weighted by Gasteiger charge is -2.19. The quantitative estimate of drug-likeness (QED) is 0.156. The Morgan fingerprint density at radius 3 is 1.10 bits per heavy atom. The molecule has 0 aliphatic rings. The van der Waals surface area contributed by atoms with Gasteiger partial charge in [0, 0.05) is 49.8 Å². The first-order valence-corrected chi connectivity index (χ1v) is 20.1. The van der Waals surface area contributed by atoms with Gasteiger partial charge in [-0.15, -0.1) is 0 Å². The van der Waals surface area contributed by atoms with Gasteiger partial charge in [0.15, 0.2) is 40.8 Å². The highest BCUT2D eigenvalue weighted by Crippen LogP contribution is 2.36. The van der Waals surface area contributed by atoms with Crippen LogP contribution in [-0.4, -0.2) is 44.9 Å². The van der Waals surface area contributed by atoms with Gasteiger partial charge in [-0.25, -0.2) is 44.9 Å². The third kappa shape index (κ3) is 7.89. The maximum Gasteiger partial charge on any atom is 0.164 e. The summed E-state index contributed by atoms with van der Waals surface area (Å²) in [5.74, 6) is 5.42. The topological polar surface area (TPSA) is 116 Å². The number of hydrogen-bond donors (Lipinski definition) is 0. The van der Waals surface area contributed by atoms with Crippen molar-refractivity contribution >= 4 is 10.8 Å². The van der Waals surface area contributed by atoms with Crippen LogP contribution in [0.1, 0.15) is 53.2 Å². The molecule has 9 aromatic rings. The van der Waals surface area contributed by atoms with Crippen LogP contribution >= 0.6 is 0 Å². The van der Waals surface area contributed by atoms with Crippen LogP contribution in [-0.2, 0) is 10.8 Å². The average molecular weight is 782 g/mol. The SMILES string of the molecule is CC(C)(C)c1nc(-c2ccccc2)nc(-c2cccc(-c3nc(-c4ccccc4)nc(-c4cc(-c5nc(-c6ccccc6)nc(C(C)(C)C)n5)cc5ccccc45)n3)c2)n1. The summed E-state index contributed by atoms with van der Waals surface area (Å²) in [6.07, 6.45) is 0. The molecule has 0 aliphatic carbocycles. The molecule has 0 saturated carbocycles. The molecule has 0 fully saturated rings. The van der Waals surface area contributed by atoms with E-state index >= 15 is 0 Å². The van der Waals surface area contributed by atoms with Gasteiger partial charge in [0.05, 0.1) is 0 Å². The van der Waals surface area contributed by atoms with Crippen molar-refractivity contribution in [2.24, 2.45) is 0 Å². The van der Waals surface area contributed by atoms with E-state index < -0.39 is 0 Å². The fourth-order valence-electron chi connectivity index (χ4n) is 6.88. The Hall–Kier alpha value is -7.39. The zero-order valence-electron chi connectivity index (χ0n) is 34.5. The second kappa shape index (κ2) is 15.4. The highest BCUT2D eigenvalue weighted by atomic mass is 15.1. The van der Waals surface area contributed by atoms with Crippen LogP contribution in [0.25, 0.3) is 90.5 Å². The lowest BCUT2D eigenvalue weighted by Crippen LogP contribution is -2.18. The van der Waals surface area contributed by atoms with Crippen LogP contribution < -0.4 is 0 Å². The van der Waals surface area contributed by atoms with Gasteiger partial charge in [-0.1, -0.05) is 175 Å². The van der Waals surface area contributed by atoms with Crippen LogP contribution in [0.4, 0.5) is 0 Å². The molecule has 292 valence electrons. The van der Waals surface area contributed by atoms with E-state index in [2.05, 4.69) is 65.8 Å². The van der Waals surface area contributed by atoms with Crippen molar-refractivity contribution in [1.82, 2.24) is 44.9 Å². The van der Waals surface area contributed by atoms with Crippen molar-refractivity contribution in [2.75, 3.05) is 0 Å². The number of aromatic nitrogens is 9. The van der Waals surface area contributed by atoms with Crippen LogP contribution in [0.2, 0.25) is 0 Å². The Balaban J connectivity index is 1.23. The van der Waals surface area contributed by atoms with Crippen LogP contribution in [0, 0.1) is 0 Å². The maximum absolute atomic E-state index is 5.23. The molecule has 0 aliphatic heterocycles. The molecule has 0 bridgehead atoms. The highest BCUT2D eigenvalue weighted by Gasteiger charge is 2.24. The number of hydrogen-bond acceptors (Lipinski definition) is 9. The van der Waals surface area contributed by atoms with E-state index in [1.807, 2.05) is 127 Å². The number of benzene rings is 6. The van der Waals surface area contributed by atoms with Crippen molar-refractivity contribution in [2.45, 2.75) is 52.4 Å². The lowest BCUT2D eigenvalue weighted by atomic mass is 9.95. The monoisotopic (exact) mass is 781 g/mol. The Morgan fingerprint density at radius 2 is 0.633 bits per heavy atom. The Labute approximate surface area is 349 Å². The van der Waals surface area contributed by atoms with Gasteiger partial charge >= 0.3 is 0 Å². The molecular formula is C51H43N9. The van der Waals surface area contributed by atoms with Crippen LogP contribution in [0.5, 0.6) is 0 Å². The second-order valence-electron chi connectivity index (χ2n) is 16.8. The predicted octanol–water partition coefficient (Wildman–Crippen LogP) is 11.7. The Kier molecular flexibility index (Phi) is 9.80. The summed E-state index contributed by atoms with van der Waals surface area (Å²) in [7, 11) is 0. The van der Waals surface area contributed by atoms with Gasteiger partial charge < -0.3 is 0 Å². The highest BCUT2D eigenvalue weighted by molar-refractivity contribution is 5.98. The minimum absolute atomic E-state index is 0.303. The van der Waals surface area contributed by atoms with E-state index in [0.29, 0.717) is 52.4 Å². The van der Waals surface area contributed by atoms with E-state index in [0.717, 1.165) is 49.7 Å². The molecule has 9 rings (SSSR count). The van der Waals surface area contributed by atoms with Gasteiger partial charge in [-0.2, -0.15) is 0 Å². The third-order valence-electron chi connectivity index (χ3n) is 10.1. The number of rotatable bonds is 7. The van der Waals surface area contributed by atoms with Crippen molar-refractivity contribution < 1.29 is 0 Å². The molecule has 0 amide bonds. The van der Waals surface area contributed by atoms with E-state index in [-0.39, 0.29) is 10.8 Å². The van der Waals surface area contributed by atoms with Crippen molar-refractivity contribution in [1.29, 1.82) is 0 Å². The predicted molar refractivity (Wildman–Crippen MR) is 240 cm³/mol. The minimum Gasteiger partial charge on any atom is -0.212 e. The normalized spacial score (nSPS) is 11.8. The van der Waals surface area contributed by atoms with Gasteiger partial charge in [0.2, 0.25) is 0 Å². The zero-order valence-corrected chi connectivity index (χ0v) is 34.5.